The molecule has 1 aromatic carbocycles. The Morgan fingerprint density at radius 3 is 2.51 bits per heavy atom. The number of nitrogens with one attached hydrogen (secondary N) is 3. The van der Waals surface area contributed by atoms with Gasteiger partial charge in [-0.1, -0.05) is 11.6 Å². The minimum Gasteiger partial charge on any atom is -0.398 e. The zero-order chi connectivity index (χ0) is 26.6. The second kappa shape index (κ2) is 10.8. The highest BCUT2D eigenvalue weighted by atomic mass is 35.5. The maximum atomic E-state index is 13.1. The summed E-state index contributed by atoms with van der Waals surface area (Å²) >= 11 is 7.25. The van der Waals surface area contributed by atoms with Crippen molar-refractivity contribution in [2.24, 2.45) is 0 Å². The van der Waals surface area contributed by atoms with Crippen LogP contribution in [0.2, 0.25) is 5.02 Å². The lowest BCUT2D eigenvalue weighted by molar-refractivity contribution is -0.136. The number of thiazole rings is 1. The van der Waals surface area contributed by atoms with Crippen molar-refractivity contribution < 1.29 is 22.8 Å². The first kappa shape index (κ1) is 25.8. The zero-order valence-corrected chi connectivity index (χ0v) is 20.1. The molecule has 190 valence electrons. The summed E-state index contributed by atoms with van der Waals surface area (Å²) in [5.74, 6) is -1.05. The van der Waals surface area contributed by atoms with Crippen molar-refractivity contribution in [1.82, 2.24) is 25.3 Å². The number of carbonyl (C=O) groups is 2. The van der Waals surface area contributed by atoms with Crippen LogP contribution in [0.1, 0.15) is 30.7 Å². The third-order valence-corrected chi connectivity index (χ3v) is 6.10. The fourth-order valence-corrected chi connectivity index (χ4v) is 3.98. The van der Waals surface area contributed by atoms with Crippen LogP contribution in [-0.4, -0.2) is 31.8 Å². The number of pyridine rings is 1. The van der Waals surface area contributed by atoms with Crippen LogP contribution in [0.4, 0.5) is 36.1 Å². The number of nitrogens with two attached hydrogens (primary N) is 1. The SMILES string of the molecule is Nc1ccc(NC(=O)c2cnc(CNC(=O)c3ncnc(Nc4ccncc4)c3Cl)s2)cc1C(F)(F)F. The zero-order valence-electron chi connectivity index (χ0n) is 18.5. The van der Waals surface area contributed by atoms with E-state index in [0.717, 1.165) is 23.5 Å². The van der Waals surface area contributed by atoms with Crippen molar-refractivity contribution in [3.63, 3.8) is 0 Å². The molecule has 0 fully saturated rings. The van der Waals surface area contributed by atoms with Crippen molar-refractivity contribution in [3.8, 4) is 0 Å². The number of nitrogen functional groups attached to an aromatic ring is 1. The molecule has 0 spiro atoms. The Kier molecular flexibility index (Phi) is 7.50. The van der Waals surface area contributed by atoms with Crippen LogP contribution in [0.3, 0.4) is 0 Å². The summed E-state index contributed by atoms with van der Waals surface area (Å²) in [4.78, 5) is 41.2. The predicted molar refractivity (Wildman–Crippen MR) is 132 cm³/mol. The Balaban J connectivity index is 1.38. The molecule has 0 saturated heterocycles. The molecule has 3 aromatic heterocycles. The topological polar surface area (TPSA) is 148 Å². The number of aromatic nitrogens is 4. The van der Waals surface area contributed by atoms with E-state index >= 15 is 0 Å². The van der Waals surface area contributed by atoms with Crippen molar-refractivity contribution in [2.45, 2.75) is 12.7 Å². The van der Waals surface area contributed by atoms with Gasteiger partial charge < -0.3 is 21.7 Å². The molecule has 3 heterocycles. The molecule has 15 heteroatoms. The third kappa shape index (κ3) is 6.29. The fourth-order valence-electron chi connectivity index (χ4n) is 3.00. The summed E-state index contributed by atoms with van der Waals surface area (Å²) in [7, 11) is 0. The van der Waals surface area contributed by atoms with E-state index < -0.39 is 29.2 Å². The van der Waals surface area contributed by atoms with Crippen LogP contribution in [0, 0.1) is 0 Å². The van der Waals surface area contributed by atoms with Gasteiger partial charge in [0, 0.05) is 29.5 Å². The molecule has 37 heavy (non-hydrogen) atoms. The lowest BCUT2D eigenvalue weighted by atomic mass is 10.1. The number of hydrogen-bond donors (Lipinski definition) is 4. The summed E-state index contributed by atoms with van der Waals surface area (Å²) in [6, 6.07) is 6.45. The number of hydrogen-bond acceptors (Lipinski definition) is 9. The van der Waals surface area contributed by atoms with E-state index in [1.54, 1.807) is 24.5 Å². The number of amides is 2. The predicted octanol–water partition coefficient (Wildman–Crippen LogP) is 4.51. The molecule has 10 nitrogen and oxygen atoms in total. The van der Waals surface area contributed by atoms with Crippen molar-refractivity contribution in [1.29, 1.82) is 0 Å². The van der Waals surface area contributed by atoms with Gasteiger partial charge in [0.25, 0.3) is 11.8 Å². The first-order valence-electron chi connectivity index (χ1n) is 10.3. The van der Waals surface area contributed by atoms with E-state index in [-0.39, 0.29) is 33.6 Å². The average molecular weight is 549 g/mol. The van der Waals surface area contributed by atoms with Gasteiger partial charge in [0.15, 0.2) is 11.5 Å². The van der Waals surface area contributed by atoms with Crippen LogP contribution in [0.25, 0.3) is 0 Å². The van der Waals surface area contributed by atoms with Gasteiger partial charge in [0.2, 0.25) is 0 Å². The number of benzene rings is 1. The molecule has 0 saturated carbocycles. The van der Waals surface area contributed by atoms with Gasteiger partial charge in [0.1, 0.15) is 21.2 Å². The Morgan fingerprint density at radius 1 is 1.03 bits per heavy atom. The highest BCUT2D eigenvalue weighted by Gasteiger charge is 2.33. The minimum atomic E-state index is -4.66. The second-order valence-electron chi connectivity index (χ2n) is 7.30. The third-order valence-electron chi connectivity index (χ3n) is 4.74. The highest BCUT2D eigenvalue weighted by Crippen LogP contribution is 2.35. The van der Waals surface area contributed by atoms with E-state index in [1.165, 1.54) is 18.6 Å². The number of rotatable bonds is 7. The van der Waals surface area contributed by atoms with Crippen LogP contribution < -0.4 is 21.7 Å². The molecule has 4 rings (SSSR count). The summed E-state index contributed by atoms with van der Waals surface area (Å²) in [6.45, 7) is -0.0513. The first-order chi connectivity index (χ1) is 17.6. The minimum absolute atomic E-state index is 0.00209. The Morgan fingerprint density at radius 2 is 1.78 bits per heavy atom. The van der Waals surface area contributed by atoms with Crippen molar-refractivity contribution >= 4 is 57.6 Å². The van der Waals surface area contributed by atoms with E-state index in [1.807, 2.05) is 0 Å². The largest absolute Gasteiger partial charge is 0.418 e. The summed E-state index contributed by atoms with van der Waals surface area (Å²) < 4.78 is 39.2. The number of halogens is 4. The summed E-state index contributed by atoms with van der Waals surface area (Å²) in [5, 5.41) is 8.31. The first-order valence-corrected chi connectivity index (χ1v) is 11.5. The molecule has 2 amide bonds. The maximum absolute atomic E-state index is 13.1. The maximum Gasteiger partial charge on any atom is 0.418 e. The van der Waals surface area contributed by atoms with Gasteiger partial charge in [-0.05, 0) is 30.3 Å². The molecule has 4 aromatic rings. The number of nitrogens with zero attached hydrogens (tertiary/aromatic N) is 4. The summed E-state index contributed by atoms with van der Waals surface area (Å²) in [5.41, 5.74) is 4.37. The van der Waals surface area contributed by atoms with Gasteiger partial charge in [-0.3, -0.25) is 14.6 Å². The van der Waals surface area contributed by atoms with E-state index in [2.05, 4.69) is 35.9 Å². The Labute approximate surface area is 216 Å². The fraction of sp³-hybridized carbons (Fsp3) is 0.0909. The Hall–Kier alpha value is -4.30. The molecule has 0 radical (unpaired) electrons. The van der Waals surface area contributed by atoms with Crippen LogP contribution in [0.15, 0.2) is 55.2 Å². The smallest absolute Gasteiger partial charge is 0.398 e. The van der Waals surface area contributed by atoms with Gasteiger partial charge in [0.05, 0.1) is 18.3 Å². The molecule has 0 unspecified atom stereocenters. The van der Waals surface area contributed by atoms with Crippen LogP contribution in [0.5, 0.6) is 0 Å². The summed E-state index contributed by atoms with van der Waals surface area (Å²) in [6.07, 6.45) is 0.907. The van der Waals surface area contributed by atoms with Crippen molar-refractivity contribution in [2.75, 3.05) is 16.4 Å². The van der Waals surface area contributed by atoms with E-state index in [9.17, 15) is 22.8 Å². The molecular formula is C22H16ClF3N8O2S. The molecule has 0 aliphatic heterocycles. The van der Waals surface area contributed by atoms with Gasteiger partial charge in [-0.2, -0.15) is 13.2 Å². The molecule has 0 bridgehead atoms. The Bertz CT molecular complexity index is 1450. The van der Waals surface area contributed by atoms with E-state index in [0.29, 0.717) is 10.7 Å². The van der Waals surface area contributed by atoms with Gasteiger partial charge >= 0.3 is 6.18 Å². The number of carbonyl (C=O) groups excluding carboxylic acids is 2. The van der Waals surface area contributed by atoms with E-state index in [4.69, 9.17) is 17.3 Å². The van der Waals surface area contributed by atoms with Gasteiger partial charge in [-0.15, -0.1) is 11.3 Å². The second-order valence-corrected chi connectivity index (χ2v) is 8.79. The van der Waals surface area contributed by atoms with Crippen molar-refractivity contribution in [3.05, 3.63) is 81.4 Å². The number of alkyl halides is 3. The molecule has 5 N–H and O–H groups in total. The average Bonchev–Trinajstić information content (AvgIpc) is 3.34. The van der Waals surface area contributed by atoms with Crippen LogP contribution in [-0.2, 0) is 12.7 Å². The normalized spacial score (nSPS) is 11.1. The van der Waals surface area contributed by atoms with Gasteiger partial charge in [-0.25, -0.2) is 15.0 Å². The monoisotopic (exact) mass is 548 g/mol. The van der Waals surface area contributed by atoms with Crippen LogP contribution >= 0.6 is 22.9 Å². The number of anilines is 4. The lowest BCUT2D eigenvalue weighted by Gasteiger charge is -2.12. The molecule has 0 atom stereocenters. The standard InChI is InChI=1S/C22H16ClF3N8O2S/c23-17-18(31-10-32-19(17)33-11-3-5-28-6-4-11)21(36)30-9-16-29-8-15(37-16)20(35)34-12-1-2-14(27)13(7-12)22(24,25)26/h1-8,10H,9,27H2,(H,30,36)(H,34,35)(H,28,31,32,33). The molecule has 0 aliphatic carbocycles. The molecular weight excluding hydrogens is 533 g/mol. The highest BCUT2D eigenvalue weighted by molar-refractivity contribution is 7.13. The molecule has 0 aliphatic rings. The quantitative estimate of drug-likeness (QED) is 0.247. The lowest BCUT2D eigenvalue weighted by Crippen LogP contribution is -2.24.